The van der Waals surface area contributed by atoms with Crippen LogP contribution in [0.1, 0.15) is 17.5 Å². The van der Waals surface area contributed by atoms with Gasteiger partial charge in [-0.3, -0.25) is 4.79 Å². The first kappa shape index (κ1) is 14.3. The largest absolute Gasteiger partial charge is 0.469 e. The van der Waals surface area contributed by atoms with Crippen LogP contribution in [0.15, 0.2) is 18.2 Å². The molecule has 6 heteroatoms. The quantitative estimate of drug-likeness (QED) is 0.612. The average Bonchev–Trinajstić information content (AvgIpc) is 2.25. The van der Waals surface area contributed by atoms with E-state index in [4.69, 9.17) is 0 Å². The maximum absolute atomic E-state index is 12.4. The van der Waals surface area contributed by atoms with Gasteiger partial charge in [0.05, 0.1) is 12.7 Å². The number of alkyl halides is 3. The molecule has 0 aliphatic rings. The minimum atomic E-state index is -4.33. The lowest BCUT2D eigenvalue weighted by Crippen LogP contribution is -2.07. The summed E-state index contributed by atoms with van der Waals surface area (Å²) < 4.78 is 42.1. The Bertz CT molecular complexity index is 416. The molecule has 0 amide bonds. The lowest BCUT2D eigenvalue weighted by molar-refractivity contribution is -0.140. The molecule has 17 heavy (non-hydrogen) atoms. The molecule has 0 aromatic heterocycles. The molecule has 0 aliphatic heterocycles. The second-order valence-electron chi connectivity index (χ2n) is 3.38. The smallest absolute Gasteiger partial charge is 0.416 e. The van der Waals surface area contributed by atoms with Crippen molar-refractivity contribution in [3.8, 4) is 0 Å². The minimum absolute atomic E-state index is 0.165. The van der Waals surface area contributed by atoms with Gasteiger partial charge in [0, 0.05) is 9.99 Å². The lowest BCUT2D eigenvalue weighted by atomic mass is 10.1. The van der Waals surface area contributed by atoms with E-state index < -0.39 is 11.7 Å². The zero-order valence-corrected chi connectivity index (χ0v) is 11.1. The van der Waals surface area contributed by atoms with E-state index in [9.17, 15) is 18.0 Å². The van der Waals surface area contributed by atoms with Gasteiger partial charge >= 0.3 is 12.1 Å². The van der Waals surface area contributed by atoms with Crippen LogP contribution < -0.4 is 0 Å². The Hall–Kier alpha value is -0.790. The number of ether oxygens (including phenoxy) is 1. The van der Waals surface area contributed by atoms with E-state index in [2.05, 4.69) is 4.74 Å². The number of aryl methyl sites for hydroxylation is 1. The molecule has 0 N–H and O–H groups in total. The second kappa shape index (κ2) is 5.70. The Labute approximate surface area is 110 Å². The molecule has 0 atom stereocenters. The molecule has 0 fully saturated rings. The van der Waals surface area contributed by atoms with Crippen molar-refractivity contribution in [3.05, 3.63) is 32.9 Å². The Morgan fingerprint density at radius 1 is 1.41 bits per heavy atom. The van der Waals surface area contributed by atoms with Crippen LogP contribution in [0.25, 0.3) is 0 Å². The summed E-state index contributed by atoms with van der Waals surface area (Å²) in [4.78, 5) is 10.9. The van der Waals surface area contributed by atoms with Crippen LogP contribution >= 0.6 is 22.6 Å². The molecule has 0 bridgehead atoms. The molecule has 0 unspecified atom stereocenters. The van der Waals surface area contributed by atoms with Crippen molar-refractivity contribution in [2.75, 3.05) is 7.11 Å². The maximum Gasteiger partial charge on any atom is 0.416 e. The van der Waals surface area contributed by atoms with E-state index in [-0.39, 0.29) is 12.4 Å². The van der Waals surface area contributed by atoms with Crippen molar-refractivity contribution in [3.63, 3.8) is 0 Å². The summed E-state index contributed by atoms with van der Waals surface area (Å²) in [6.45, 7) is 0. The number of halogens is 4. The summed E-state index contributed by atoms with van der Waals surface area (Å²) in [5, 5.41) is 0. The number of esters is 1. The van der Waals surface area contributed by atoms with E-state index in [0.717, 1.165) is 12.1 Å². The highest BCUT2D eigenvalue weighted by Gasteiger charge is 2.30. The van der Waals surface area contributed by atoms with Crippen molar-refractivity contribution < 1.29 is 22.7 Å². The highest BCUT2D eigenvalue weighted by molar-refractivity contribution is 14.1. The van der Waals surface area contributed by atoms with Crippen molar-refractivity contribution in [2.45, 2.75) is 19.0 Å². The van der Waals surface area contributed by atoms with Gasteiger partial charge < -0.3 is 4.74 Å². The number of hydrogen-bond donors (Lipinski definition) is 0. The normalized spacial score (nSPS) is 11.4. The molecule has 0 saturated heterocycles. The average molecular weight is 358 g/mol. The van der Waals surface area contributed by atoms with Gasteiger partial charge in [0.2, 0.25) is 0 Å². The van der Waals surface area contributed by atoms with E-state index in [1.54, 1.807) is 0 Å². The number of benzene rings is 1. The van der Waals surface area contributed by atoms with Gasteiger partial charge in [0.25, 0.3) is 0 Å². The highest BCUT2D eigenvalue weighted by atomic mass is 127. The first-order valence-corrected chi connectivity index (χ1v) is 5.85. The third-order valence-corrected chi connectivity index (χ3v) is 3.21. The Morgan fingerprint density at radius 3 is 2.53 bits per heavy atom. The zero-order chi connectivity index (χ0) is 13.1. The Balaban J connectivity index is 2.80. The summed E-state index contributed by atoms with van der Waals surface area (Å²) in [5.74, 6) is -0.374. The maximum atomic E-state index is 12.4. The first-order valence-electron chi connectivity index (χ1n) is 4.77. The van der Waals surface area contributed by atoms with Crippen molar-refractivity contribution >= 4 is 28.6 Å². The predicted molar refractivity (Wildman–Crippen MR) is 64.5 cm³/mol. The summed E-state index contributed by atoms with van der Waals surface area (Å²) in [6.07, 6.45) is -3.79. The molecule has 1 rings (SSSR count). The summed E-state index contributed by atoms with van der Waals surface area (Å²) in [5.41, 5.74) is 0.0349. The number of carbonyl (C=O) groups excluding carboxylic acids is 1. The van der Waals surface area contributed by atoms with E-state index >= 15 is 0 Å². The summed E-state index contributed by atoms with van der Waals surface area (Å²) in [6, 6.07) is 3.50. The molecule has 1 aromatic rings. The van der Waals surface area contributed by atoms with Gasteiger partial charge in [-0.1, -0.05) is 6.07 Å². The van der Waals surface area contributed by atoms with Crippen LogP contribution in [0.4, 0.5) is 13.2 Å². The van der Waals surface area contributed by atoms with Gasteiger partial charge in [-0.25, -0.2) is 0 Å². The van der Waals surface area contributed by atoms with Crippen molar-refractivity contribution in [1.82, 2.24) is 0 Å². The fourth-order valence-corrected chi connectivity index (χ4v) is 2.05. The number of rotatable bonds is 3. The molecule has 2 nitrogen and oxygen atoms in total. The zero-order valence-electron chi connectivity index (χ0n) is 8.97. The Kier molecular flexibility index (Phi) is 4.79. The number of methoxy groups -OCH3 is 1. The SMILES string of the molecule is COC(=O)CCc1ccc(C(F)(F)F)cc1I. The molecule has 0 heterocycles. The standard InChI is InChI=1S/C11H10F3IO2/c1-17-10(16)5-3-7-2-4-8(6-9(7)15)11(12,13)14/h2,4,6H,3,5H2,1H3. The first-order chi connectivity index (χ1) is 7.84. The van der Waals surface area contributed by atoms with Crippen LogP contribution in [0, 0.1) is 3.57 Å². The molecular formula is C11H10F3IO2. The Morgan fingerprint density at radius 2 is 2.06 bits per heavy atom. The van der Waals surface area contributed by atoms with Crippen molar-refractivity contribution in [2.24, 2.45) is 0 Å². The molecule has 0 aliphatic carbocycles. The van der Waals surface area contributed by atoms with Crippen LogP contribution in [-0.2, 0) is 22.1 Å². The van der Waals surface area contributed by atoms with Crippen molar-refractivity contribution in [1.29, 1.82) is 0 Å². The third-order valence-electron chi connectivity index (χ3n) is 2.21. The van der Waals surface area contributed by atoms with Crippen LogP contribution in [0.3, 0.4) is 0 Å². The molecular weight excluding hydrogens is 348 g/mol. The topological polar surface area (TPSA) is 26.3 Å². The third kappa shape index (κ3) is 4.18. The number of carbonyl (C=O) groups is 1. The predicted octanol–water partition coefficient (Wildman–Crippen LogP) is 3.42. The van der Waals surface area contributed by atoms with E-state index in [1.807, 2.05) is 22.6 Å². The van der Waals surface area contributed by atoms with Crippen LogP contribution in [0.2, 0.25) is 0 Å². The molecule has 0 saturated carbocycles. The summed E-state index contributed by atoms with van der Waals surface area (Å²) in [7, 11) is 1.28. The van der Waals surface area contributed by atoms with Crippen LogP contribution in [0.5, 0.6) is 0 Å². The number of hydrogen-bond acceptors (Lipinski definition) is 2. The van der Waals surface area contributed by atoms with Gasteiger partial charge in [0.1, 0.15) is 0 Å². The summed E-state index contributed by atoms with van der Waals surface area (Å²) >= 11 is 1.83. The highest BCUT2D eigenvalue weighted by Crippen LogP contribution is 2.31. The molecule has 1 aromatic carbocycles. The van der Waals surface area contributed by atoms with Gasteiger partial charge in [-0.2, -0.15) is 13.2 Å². The molecule has 94 valence electrons. The van der Waals surface area contributed by atoms with E-state index in [0.29, 0.717) is 15.6 Å². The fraction of sp³-hybridized carbons (Fsp3) is 0.364. The lowest BCUT2D eigenvalue weighted by Gasteiger charge is -2.09. The van der Waals surface area contributed by atoms with Gasteiger partial charge in [0.15, 0.2) is 0 Å². The minimum Gasteiger partial charge on any atom is -0.469 e. The molecule has 0 spiro atoms. The molecule has 0 radical (unpaired) electrons. The van der Waals surface area contributed by atoms with Gasteiger partial charge in [-0.15, -0.1) is 0 Å². The second-order valence-corrected chi connectivity index (χ2v) is 4.54. The fourth-order valence-electron chi connectivity index (χ4n) is 1.27. The van der Waals surface area contributed by atoms with Gasteiger partial charge in [-0.05, 0) is 46.7 Å². The van der Waals surface area contributed by atoms with E-state index in [1.165, 1.54) is 13.2 Å². The monoisotopic (exact) mass is 358 g/mol. The van der Waals surface area contributed by atoms with Crippen LogP contribution in [-0.4, -0.2) is 13.1 Å².